The molecule has 28 heavy (non-hydrogen) atoms. The van der Waals surface area contributed by atoms with Gasteiger partial charge in [-0.05, 0) is 38.1 Å². The Balaban J connectivity index is 1.51. The van der Waals surface area contributed by atoms with Gasteiger partial charge in [0.25, 0.3) is 0 Å². The number of nitrogens with one attached hydrogen (secondary N) is 3. The number of sulfonamides is 1. The second-order valence-electron chi connectivity index (χ2n) is 6.12. The molecule has 0 aromatic carbocycles. The third-order valence-electron chi connectivity index (χ3n) is 4.03. The number of anilines is 3. The highest BCUT2D eigenvalue weighted by molar-refractivity contribution is 7.89. The van der Waals surface area contributed by atoms with E-state index in [1.54, 1.807) is 50.1 Å². The molecule has 3 aromatic heterocycles. The smallest absolute Gasteiger partial charge is 0.244 e. The third-order valence-corrected chi connectivity index (χ3v) is 5.75. The fourth-order valence-corrected chi connectivity index (χ4v) is 4.13. The number of hydrogen-bond donors (Lipinski definition) is 3. The molecule has 3 aromatic rings. The Morgan fingerprint density at radius 2 is 1.82 bits per heavy atom. The second kappa shape index (κ2) is 8.31. The van der Waals surface area contributed by atoms with E-state index < -0.39 is 10.0 Å². The lowest BCUT2D eigenvalue weighted by Crippen LogP contribution is -2.29. The minimum Gasteiger partial charge on any atom is -0.367 e. The predicted molar refractivity (Wildman–Crippen MR) is 106 cm³/mol. The molecule has 0 saturated heterocycles. The minimum absolute atomic E-state index is 0.202. The van der Waals surface area contributed by atoms with Gasteiger partial charge in [0.1, 0.15) is 10.7 Å². The number of nitrogens with zero attached hydrogens (tertiary/aromatic N) is 5. The molecule has 0 amide bonds. The Morgan fingerprint density at radius 3 is 2.43 bits per heavy atom. The van der Waals surface area contributed by atoms with Crippen molar-refractivity contribution < 1.29 is 8.42 Å². The van der Waals surface area contributed by atoms with Gasteiger partial charge in [-0.25, -0.2) is 13.1 Å². The summed E-state index contributed by atoms with van der Waals surface area (Å²) in [6.07, 6.45) is 3.38. The Kier molecular flexibility index (Phi) is 5.85. The Hall–Kier alpha value is -3.05. The summed E-state index contributed by atoms with van der Waals surface area (Å²) in [6, 6.07) is 7.23. The van der Waals surface area contributed by atoms with Crippen molar-refractivity contribution in [3.05, 3.63) is 48.0 Å². The van der Waals surface area contributed by atoms with Crippen LogP contribution in [0, 0.1) is 13.8 Å². The van der Waals surface area contributed by atoms with Gasteiger partial charge in [0.05, 0.1) is 23.3 Å². The summed E-state index contributed by atoms with van der Waals surface area (Å²) in [5.74, 6) is 1.13. The maximum atomic E-state index is 12.5. The average Bonchev–Trinajstić information content (AvgIpc) is 2.93. The molecule has 0 aliphatic rings. The van der Waals surface area contributed by atoms with Gasteiger partial charge >= 0.3 is 0 Å². The monoisotopic (exact) mass is 402 g/mol. The van der Waals surface area contributed by atoms with Crippen molar-refractivity contribution in [2.75, 3.05) is 23.7 Å². The molecule has 0 atom stereocenters. The summed E-state index contributed by atoms with van der Waals surface area (Å²) in [7, 11) is -1.91. The molecule has 0 radical (unpaired) electrons. The summed E-state index contributed by atoms with van der Waals surface area (Å²) in [5.41, 5.74) is 1.89. The van der Waals surface area contributed by atoms with Gasteiger partial charge < -0.3 is 10.6 Å². The van der Waals surface area contributed by atoms with E-state index in [-0.39, 0.29) is 11.4 Å². The first kappa shape index (κ1) is 19.7. The predicted octanol–water partition coefficient (Wildman–Crippen LogP) is 1.36. The average molecular weight is 402 g/mol. The molecule has 0 bridgehead atoms. The molecule has 0 spiro atoms. The van der Waals surface area contributed by atoms with Gasteiger partial charge in [-0.2, -0.15) is 5.10 Å². The van der Waals surface area contributed by atoms with Gasteiger partial charge in [-0.3, -0.25) is 9.67 Å². The van der Waals surface area contributed by atoms with E-state index >= 15 is 0 Å². The summed E-state index contributed by atoms with van der Waals surface area (Å²) in [6.45, 7) is 3.97. The number of aryl methyl sites for hydroxylation is 2. The third kappa shape index (κ3) is 4.61. The van der Waals surface area contributed by atoms with E-state index in [4.69, 9.17) is 0 Å². The van der Waals surface area contributed by atoms with Crippen molar-refractivity contribution in [2.24, 2.45) is 7.05 Å². The normalized spacial score (nSPS) is 11.4. The second-order valence-corrected chi connectivity index (χ2v) is 7.82. The molecule has 0 aliphatic carbocycles. The van der Waals surface area contributed by atoms with E-state index in [0.29, 0.717) is 29.6 Å². The van der Waals surface area contributed by atoms with E-state index in [2.05, 4.69) is 35.6 Å². The largest absolute Gasteiger partial charge is 0.367 e. The van der Waals surface area contributed by atoms with Crippen LogP contribution in [0.5, 0.6) is 0 Å². The van der Waals surface area contributed by atoms with Gasteiger partial charge in [-0.1, -0.05) is 0 Å². The quantitative estimate of drug-likeness (QED) is 0.482. The zero-order chi connectivity index (χ0) is 20.1. The standard InChI is InChI=1S/C17H22N8O2S/c1-12-17(13(2)25(3)24-12)28(26,27)20-10-9-19-15-6-7-16(23-22-15)21-14-5-4-8-18-11-14/h4-8,11,20H,9-10H2,1-3H3,(H,19,22)(H,21,23). The van der Waals surface area contributed by atoms with E-state index in [1.165, 1.54) is 0 Å². The van der Waals surface area contributed by atoms with Crippen molar-refractivity contribution in [2.45, 2.75) is 18.7 Å². The summed E-state index contributed by atoms with van der Waals surface area (Å²) >= 11 is 0. The molecule has 3 heterocycles. The number of rotatable bonds is 8. The van der Waals surface area contributed by atoms with Crippen LogP contribution < -0.4 is 15.4 Å². The topological polar surface area (TPSA) is 127 Å². The fourth-order valence-electron chi connectivity index (χ4n) is 2.67. The van der Waals surface area contributed by atoms with Crippen molar-refractivity contribution in [1.82, 2.24) is 29.7 Å². The molecular weight excluding hydrogens is 380 g/mol. The molecular formula is C17H22N8O2S. The van der Waals surface area contributed by atoms with Gasteiger partial charge in [0.2, 0.25) is 10.0 Å². The lowest BCUT2D eigenvalue weighted by Gasteiger charge is -2.09. The lowest BCUT2D eigenvalue weighted by atomic mass is 10.4. The van der Waals surface area contributed by atoms with Crippen LogP contribution in [0.3, 0.4) is 0 Å². The zero-order valence-electron chi connectivity index (χ0n) is 15.8. The van der Waals surface area contributed by atoms with E-state index in [0.717, 1.165) is 5.69 Å². The molecule has 0 fully saturated rings. The van der Waals surface area contributed by atoms with Crippen LogP contribution in [-0.2, 0) is 17.1 Å². The Bertz CT molecular complexity index is 1030. The van der Waals surface area contributed by atoms with Crippen LogP contribution in [-0.4, -0.2) is 46.5 Å². The van der Waals surface area contributed by atoms with Crippen LogP contribution in [0.15, 0.2) is 41.6 Å². The Labute approximate surface area is 163 Å². The van der Waals surface area contributed by atoms with Crippen LogP contribution in [0.1, 0.15) is 11.4 Å². The highest BCUT2D eigenvalue weighted by Crippen LogP contribution is 2.18. The van der Waals surface area contributed by atoms with Crippen molar-refractivity contribution in [3.63, 3.8) is 0 Å². The highest BCUT2D eigenvalue weighted by Gasteiger charge is 2.23. The highest BCUT2D eigenvalue weighted by atomic mass is 32.2. The van der Waals surface area contributed by atoms with Gasteiger partial charge in [-0.15, -0.1) is 10.2 Å². The molecule has 0 saturated carbocycles. The first-order valence-electron chi connectivity index (χ1n) is 8.61. The molecule has 0 unspecified atom stereocenters. The zero-order valence-corrected chi connectivity index (χ0v) is 16.7. The number of aromatic nitrogens is 5. The van der Waals surface area contributed by atoms with Crippen LogP contribution in [0.2, 0.25) is 0 Å². The number of pyridine rings is 1. The maximum Gasteiger partial charge on any atom is 0.244 e. The molecule has 0 aliphatic heterocycles. The van der Waals surface area contributed by atoms with Crippen molar-refractivity contribution >= 4 is 27.3 Å². The summed E-state index contributed by atoms with van der Waals surface area (Å²) < 4.78 is 29.1. The molecule has 3 rings (SSSR count). The molecule has 148 valence electrons. The van der Waals surface area contributed by atoms with Gasteiger partial charge in [0.15, 0.2) is 5.82 Å². The molecule has 11 heteroatoms. The van der Waals surface area contributed by atoms with E-state index in [9.17, 15) is 8.42 Å². The van der Waals surface area contributed by atoms with Crippen molar-refractivity contribution in [1.29, 1.82) is 0 Å². The summed E-state index contributed by atoms with van der Waals surface area (Å²) in [5, 5.41) is 18.4. The lowest BCUT2D eigenvalue weighted by molar-refractivity contribution is 0.581. The summed E-state index contributed by atoms with van der Waals surface area (Å²) in [4.78, 5) is 4.24. The fraction of sp³-hybridized carbons (Fsp3) is 0.294. The Morgan fingerprint density at radius 1 is 1.07 bits per heavy atom. The van der Waals surface area contributed by atoms with Gasteiger partial charge in [0, 0.05) is 26.3 Å². The minimum atomic E-state index is -3.62. The first-order valence-corrected chi connectivity index (χ1v) is 10.1. The van der Waals surface area contributed by atoms with E-state index in [1.807, 2.05) is 12.1 Å². The van der Waals surface area contributed by atoms with Crippen LogP contribution in [0.25, 0.3) is 0 Å². The SMILES string of the molecule is Cc1nn(C)c(C)c1S(=O)(=O)NCCNc1ccc(Nc2cccnc2)nn1. The van der Waals surface area contributed by atoms with Crippen molar-refractivity contribution in [3.8, 4) is 0 Å². The number of hydrogen-bond acceptors (Lipinski definition) is 8. The van der Waals surface area contributed by atoms with Crippen LogP contribution in [0.4, 0.5) is 17.3 Å². The maximum absolute atomic E-state index is 12.5. The molecule has 3 N–H and O–H groups in total. The first-order chi connectivity index (χ1) is 13.4. The van der Waals surface area contributed by atoms with Crippen LogP contribution >= 0.6 is 0 Å². The molecule has 10 nitrogen and oxygen atoms in total.